The van der Waals surface area contributed by atoms with Gasteiger partial charge in [0.05, 0.1) is 17.7 Å². The Morgan fingerprint density at radius 2 is 2.07 bits per heavy atom. The molecule has 1 aromatic carbocycles. The summed E-state index contributed by atoms with van der Waals surface area (Å²) in [7, 11) is 3.35. The molecule has 0 bridgehead atoms. The molecule has 0 spiro atoms. The molecule has 0 aliphatic carbocycles. The van der Waals surface area contributed by atoms with Gasteiger partial charge in [0.2, 0.25) is 0 Å². The van der Waals surface area contributed by atoms with Crippen LogP contribution in [0.25, 0.3) is 0 Å². The van der Waals surface area contributed by atoms with E-state index in [1.165, 1.54) is 22.5 Å². The number of hydrazone groups is 1. The van der Waals surface area contributed by atoms with Crippen LogP contribution in [-0.4, -0.2) is 49.7 Å². The molecular weight excluding hydrogens is 366 g/mol. The van der Waals surface area contributed by atoms with Gasteiger partial charge in [-0.25, -0.2) is 5.43 Å². The Kier molecular flexibility index (Phi) is 7.36. The molecule has 1 N–H and O–H groups in total. The van der Waals surface area contributed by atoms with E-state index < -0.39 is 6.10 Å². The molecular formula is C19H23N3O4S. The number of carbonyl (C=O) groups is 2. The van der Waals surface area contributed by atoms with E-state index in [1.54, 1.807) is 51.4 Å². The van der Waals surface area contributed by atoms with E-state index in [1.807, 2.05) is 12.3 Å². The Balaban J connectivity index is 2.08. The maximum Gasteiger partial charge on any atom is 0.281 e. The zero-order valence-electron chi connectivity index (χ0n) is 15.8. The molecule has 0 radical (unpaired) electrons. The van der Waals surface area contributed by atoms with Crippen LogP contribution in [0, 0.1) is 0 Å². The minimum Gasteiger partial charge on any atom is -0.490 e. The molecule has 8 heteroatoms. The average molecular weight is 389 g/mol. The lowest BCUT2D eigenvalue weighted by Crippen LogP contribution is -2.35. The molecule has 144 valence electrons. The van der Waals surface area contributed by atoms with Crippen molar-refractivity contribution in [3.63, 3.8) is 0 Å². The molecule has 7 nitrogen and oxygen atoms in total. The summed E-state index contributed by atoms with van der Waals surface area (Å²) in [6.07, 6.45) is 0.885. The third-order valence-electron chi connectivity index (χ3n) is 3.48. The number of hydrogen-bond donors (Lipinski definition) is 1. The van der Waals surface area contributed by atoms with Crippen LogP contribution >= 0.6 is 11.3 Å². The number of nitrogens with one attached hydrogen (secondary N) is 1. The fraction of sp³-hybridized carbons (Fsp3) is 0.316. The quantitative estimate of drug-likeness (QED) is 0.556. The van der Waals surface area contributed by atoms with Gasteiger partial charge in [-0.1, -0.05) is 6.07 Å². The number of nitrogens with zero attached hydrogens (tertiary/aromatic N) is 2. The van der Waals surface area contributed by atoms with Crippen molar-refractivity contribution in [2.75, 3.05) is 20.7 Å². The van der Waals surface area contributed by atoms with Gasteiger partial charge in [0, 0.05) is 14.1 Å². The minimum atomic E-state index is -0.635. The van der Waals surface area contributed by atoms with Crippen LogP contribution in [0.15, 0.2) is 40.8 Å². The van der Waals surface area contributed by atoms with Crippen LogP contribution in [-0.2, 0) is 4.79 Å². The van der Waals surface area contributed by atoms with E-state index in [9.17, 15) is 9.59 Å². The Labute approximate surface area is 162 Å². The third kappa shape index (κ3) is 5.82. The molecule has 2 rings (SSSR count). The largest absolute Gasteiger partial charge is 0.490 e. The summed E-state index contributed by atoms with van der Waals surface area (Å²) >= 11 is 1.34. The lowest BCUT2D eigenvalue weighted by Gasteiger charge is -2.20. The number of likely N-dealkylation sites (N-methyl/N-ethyl adjacent to an activating group) is 1. The van der Waals surface area contributed by atoms with E-state index in [-0.39, 0.29) is 11.8 Å². The molecule has 0 unspecified atom stereocenters. The smallest absolute Gasteiger partial charge is 0.281 e. The maximum absolute atomic E-state index is 12.0. The Bertz CT molecular complexity index is 803. The van der Waals surface area contributed by atoms with E-state index in [4.69, 9.17) is 9.47 Å². The van der Waals surface area contributed by atoms with E-state index in [0.717, 1.165) is 5.56 Å². The van der Waals surface area contributed by atoms with Gasteiger partial charge in [-0.2, -0.15) is 5.10 Å². The van der Waals surface area contributed by atoms with Crippen LogP contribution in [0.4, 0.5) is 0 Å². The highest BCUT2D eigenvalue weighted by molar-refractivity contribution is 7.12. The molecule has 0 aliphatic rings. The number of ether oxygens (including phenoxy) is 2. The molecule has 0 aliphatic heterocycles. The number of hydrogen-bond acceptors (Lipinski definition) is 6. The summed E-state index contributed by atoms with van der Waals surface area (Å²) in [5, 5.41) is 5.79. The summed E-state index contributed by atoms with van der Waals surface area (Å²) in [4.78, 5) is 25.9. The van der Waals surface area contributed by atoms with Crippen molar-refractivity contribution < 1.29 is 19.1 Å². The second-order valence-electron chi connectivity index (χ2n) is 5.81. The van der Waals surface area contributed by atoms with Gasteiger partial charge in [0.15, 0.2) is 17.6 Å². The van der Waals surface area contributed by atoms with Gasteiger partial charge < -0.3 is 14.4 Å². The lowest BCUT2D eigenvalue weighted by atomic mass is 10.2. The fourth-order valence-electron chi connectivity index (χ4n) is 2.20. The predicted octanol–water partition coefficient (Wildman–Crippen LogP) is 2.77. The van der Waals surface area contributed by atoms with Crippen LogP contribution in [0.1, 0.15) is 29.1 Å². The SMILES string of the molecule is CCOc1cc(/C=N\NC(=O)c2cccs2)ccc1O[C@@H](C)C(=O)N(C)C. The van der Waals surface area contributed by atoms with Crippen molar-refractivity contribution >= 4 is 29.4 Å². The first-order valence-electron chi connectivity index (χ1n) is 8.44. The summed E-state index contributed by atoms with van der Waals surface area (Å²) in [5.74, 6) is 0.574. The topological polar surface area (TPSA) is 80.2 Å². The Hall–Kier alpha value is -2.87. The highest BCUT2D eigenvalue weighted by Gasteiger charge is 2.18. The van der Waals surface area contributed by atoms with Gasteiger partial charge in [-0.15, -0.1) is 11.3 Å². The van der Waals surface area contributed by atoms with E-state index in [0.29, 0.717) is 23.0 Å². The molecule has 27 heavy (non-hydrogen) atoms. The molecule has 0 fully saturated rings. The van der Waals surface area contributed by atoms with Crippen molar-refractivity contribution in [3.05, 3.63) is 46.2 Å². The van der Waals surface area contributed by atoms with Crippen LogP contribution < -0.4 is 14.9 Å². The molecule has 2 amide bonds. The summed E-state index contributed by atoms with van der Waals surface area (Å²) < 4.78 is 11.3. The predicted molar refractivity (Wildman–Crippen MR) is 106 cm³/mol. The molecule has 1 heterocycles. The highest BCUT2D eigenvalue weighted by atomic mass is 32.1. The maximum atomic E-state index is 12.0. The summed E-state index contributed by atoms with van der Waals surface area (Å²) in [5.41, 5.74) is 3.20. The van der Waals surface area contributed by atoms with Crippen molar-refractivity contribution in [1.29, 1.82) is 0 Å². The van der Waals surface area contributed by atoms with Crippen molar-refractivity contribution in [2.24, 2.45) is 5.10 Å². The van der Waals surface area contributed by atoms with Gasteiger partial charge in [0.1, 0.15) is 0 Å². The second kappa shape index (κ2) is 9.72. The first-order chi connectivity index (χ1) is 12.9. The highest BCUT2D eigenvalue weighted by Crippen LogP contribution is 2.29. The Morgan fingerprint density at radius 3 is 2.70 bits per heavy atom. The van der Waals surface area contributed by atoms with Crippen LogP contribution in [0.5, 0.6) is 11.5 Å². The van der Waals surface area contributed by atoms with Crippen molar-refractivity contribution in [1.82, 2.24) is 10.3 Å². The van der Waals surface area contributed by atoms with Gasteiger partial charge in [-0.3, -0.25) is 9.59 Å². The van der Waals surface area contributed by atoms with E-state index in [2.05, 4.69) is 10.5 Å². The molecule has 0 saturated carbocycles. The molecule has 2 aromatic rings. The average Bonchev–Trinajstić information content (AvgIpc) is 3.18. The molecule has 1 aromatic heterocycles. The summed E-state index contributed by atoms with van der Waals surface area (Å²) in [6.45, 7) is 4.00. The van der Waals surface area contributed by atoms with E-state index >= 15 is 0 Å². The second-order valence-corrected chi connectivity index (χ2v) is 6.76. The lowest BCUT2D eigenvalue weighted by molar-refractivity contribution is -0.135. The minimum absolute atomic E-state index is 0.139. The summed E-state index contributed by atoms with van der Waals surface area (Å²) in [6, 6.07) is 8.76. The number of rotatable bonds is 8. The first-order valence-corrected chi connectivity index (χ1v) is 9.32. The number of amides is 2. The molecule has 1 atom stereocenters. The first kappa shape index (κ1) is 20.4. The number of carbonyl (C=O) groups excluding carboxylic acids is 2. The zero-order valence-corrected chi connectivity index (χ0v) is 16.6. The Morgan fingerprint density at radius 1 is 1.30 bits per heavy atom. The van der Waals surface area contributed by atoms with Gasteiger partial charge in [-0.05, 0) is 49.1 Å². The molecule has 0 saturated heterocycles. The monoisotopic (exact) mass is 389 g/mol. The normalized spacial score (nSPS) is 11.9. The van der Waals surface area contributed by atoms with Crippen LogP contribution in [0.2, 0.25) is 0 Å². The fourth-order valence-corrected chi connectivity index (χ4v) is 2.82. The zero-order chi connectivity index (χ0) is 19.8. The number of thiophene rings is 1. The third-order valence-corrected chi connectivity index (χ3v) is 4.35. The van der Waals surface area contributed by atoms with Crippen LogP contribution in [0.3, 0.4) is 0 Å². The van der Waals surface area contributed by atoms with Crippen molar-refractivity contribution in [3.8, 4) is 11.5 Å². The standard InChI is InChI=1S/C19H23N3O4S/c1-5-25-16-11-14(12-20-21-18(23)17-7-6-10-27-17)8-9-15(16)26-13(2)19(24)22(3)4/h6-13H,5H2,1-4H3,(H,21,23)/b20-12-/t13-/m0/s1. The van der Waals surface area contributed by atoms with Gasteiger partial charge in [0.25, 0.3) is 11.8 Å². The van der Waals surface area contributed by atoms with Gasteiger partial charge >= 0.3 is 0 Å². The van der Waals surface area contributed by atoms with Crippen molar-refractivity contribution in [2.45, 2.75) is 20.0 Å². The number of benzene rings is 1.